The maximum absolute atomic E-state index is 12.9. The highest BCUT2D eigenvalue weighted by atomic mass is 32.2. The first-order valence-electron chi connectivity index (χ1n) is 11.4. The van der Waals surface area contributed by atoms with Crippen LogP contribution in [0.15, 0.2) is 48.5 Å². The molecule has 0 radical (unpaired) electrons. The van der Waals surface area contributed by atoms with Gasteiger partial charge < -0.3 is 9.47 Å². The summed E-state index contributed by atoms with van der Waals surface area (Å²) in [5.74, 6) is -0.775. The Kier molecular flexibility index (Phi) is 7.67. The molecule has 4 rings (SSSR count). The minimum atomic E-state index is -0.654. The molecule has 1 saturated heterocycles. The number of imide groups is 1. The lowest BCUT2D eigenvalue weighted by molar-refractivity contribution is -0.121. The molecule has 2 aromatic carbocycles. The first-order valence-corrected chi connectivity index (χ1v) is 12.4. The molecule has 2 aliphatic rings. The third-order valence-electron chi connectivity index (χ3n) is 6.12. The summed E-state index contributed by atoms with van der Waals surface area (Å²) in [6.45, 7) is -0.393. The number of anilines is 1. The van der Waals surface area contributed by atoms with Crippen LogP contribution in [-0.2, 0) is 14.3 Å². The Balaban J connectivity index is 1.33. The van der Waals surface area contributed by atoms with Crippen molar-refractivity contribution in [2.45, 2.75) is 49.0 Å². The average molecular weight is 482 g/mol. The van der Waals surface area contributed by atoms with Gasteiger partial charge in [-0.2, -0.15) is 0 Å². The molecule has 1 atom stereocenters. The van der Waals surface area contributed by atoms with E-state index >= 15 is 0 Å². The first-order chi connectivity index (χ1) is 16.5. The van der Waals surface area contributed by atoms with Crippen molar-refractivity contribution < 1.29 is 28.7 Å². The molecule has 2 aromatic rings. The summed E-state index contributed by atoms with van der Waals surface area (Å²) >= 11 is 1.63. The molecule has 2 fully saturated rings. The molecule has 8 heteroatoms. The number of esters is 1. The lowest BCUT2D eigenvalue weighted by Crippen LogP contribution is -2.31. The number of carbonyl (C=O) groups excluding carboxylic acids is 4. The molecular weight excluding hydrogens is 454 g/mol. The van der Waals surface area contributed by atoms with E-state index < -0.39 is 12.6 Å². The number of ether oxygens (including phenoxy) is 2. The number of benzene rings is 2. The number of methoxy groups -OCH3 is 1. The van der Waals surface area contributed by atoms with Gasteiger partial charge in [0.05, 0.1) is 23.6 Å². The zero-order chi connectivity index (χ0) is 24.1. The highest BCUT2D eigenvalue weighted by Crippen LogP contribution is 2.37. The molecule has 1 unspecified atom stereocenters. The van der Waals surface area contributed by atoms with Gasteiger partial charge in [-0.1, -0.05) is 19.3 Å². The minimum absolute atomic E-state index is 0.194. The highest BCUT2D eigenvalue weighted by Gasteiger charge is 2.41. The van der Waals surface area contributed by atoms with Gasteiger partial charge in [-0.15, -0.1) is 11.8 Å². The lowest BCUT2D eigenvalue weighted by atomic mass is 10.0. The van der Waals surface area contributed by atoms with Crippen LogP contribution in [-0.4, -0.2) is 47.8 Å². The predicted octanol–water partition coefficient (Wildman–Crippen LogP) is 4.43. The Morgan fingerprint density at radius 1 is 0.941 bits per heavy atom. The van der Waals surface area contributed by atoms with Gasteiger partial charge in [0.15, 0.2) is 12.4 Å². The van der Waals surface area contributed by atoms with Crippen molar-refractivity contribution in [2.75, 3.05) is 18.6 Å². The van der Waals surface area contributed by atoms with E-state index in [4.69, 9.17) is 9.47 Å². The summed E-state index contributed by atoms with van der Waals surface area (Å²) in [7, 11) is 1.54. The maximum atomic E-state index is 12.9. The Morgan fingerprint density at radius 2 is 1.59 bits per heavy atom. The van der Waals surface area contributed by atoms with Crippen molar-refractivity contribution in [1.29, 1.82) is 0 Å². The van der Waals surface area contributed by atoms with Crippen LogP contribution in [0.4, 0.5) is 5.69 Å². The molecule has 0 bridgehead atoms. The van der Waals surface area contributed by atoms with Gasteiger partial charge in [0.2, 0.25) is 11.8 Å². The van der Waals surface area contributed by atoms with Gasteiger partial charge in [0.1, 0.15) is 5.75 Å². The number of Topliss-reactive ketones (excluding diaryl/α,β-unsaturated/α-hetero) is 1. The number of ketones is 1. The monoisotopic (exact) mass is 481 g/mol. The van der Waals surface area contributed by atoms with Crippen LogP contribution in [0.25, 0.3) is 0 Å². The van der Waals surface area contributed by atoms with Crippen molar-refractivity contribution in [3.63, 3.8) is 0 Å². The molecule has 0 aromatic heterocycles. The van der Waals surface area contributed by atoms with Crippen molar-refractivity contribution >= 4 is 41.0 Å². The molecule has 0 N–H and O–H groups in total. The molecule has 1 heterocycles. The van der Waals surface area contributed by atoms with Gasteiger partial charge >= 0.3 is 5.97 Å². The Labute approximate surface area is 202 Å². The Hall–Kier alpha value is -3.13. The molecular formula is C26H27NO6S. The molecule has 1 saturated carbocycles. The quantitative estimate of drug-likeness (QED) is 0.313. The van der Waals surface area contributed by atoms with E-state index in [1.54, 1.807) is 48.2 Å². The first kappa shape index (κ1) is 24.0. The molecule has 0 spiro atoms. The third kappa shape index (κ3) is 5.50. The zero-order valence-electron chi connectivity index (χ0n) is 19.0. The van der Waals surface area contributed by atoms with Crippen LogP contribution >= 0.6 is 11.8 Å². The standard InChI is InChI=1S/C26H27NO6S/c1-32-20-13-9-17(10-14-20)22(28)16-33-26(31)18-7-11-19(12-8-18)27-24(29)15-23(25(27)30)34-21-5-3-2-4-6-21/h7-14,21,23H,2-6,15-16H2,1H3. The van der Waals surface area contributed by atoms with E-state index in [0.717, 1.165) is 12.8 Å². The summed E-state index contributed by atoms with van der Waals surface area (Å²) in [4.78, 5) is 51.3. The summed E-state index contributed by atoms with van der Waals surface area (Å²) in [5, 5.41) is 0.0948. The molecule has 7 nitrogen and oxygen atoms in total. The largest absolute Gasteiger partial charge is 0.497 e. The zero-order valence-corrected chi connectivity index (χ0v) is 19.8. The highest BCUT2D eigenvalue weighted by molar-refractivity contribution is 8.01. The smallest absolute Gasteiger partial charge is 0.338 e. The van der Waals surface area contributed by atoms with E-state index in [1.807, 2.05) is 0 Å². The van der Waals surface area contributed by atoms with Crippen molar-refractivity contribution in [3.8, 4) is 5.75 Å². The van der Waals surface area contributed by atoms with Crippen molar-refractivity contribution in [2.24, 2.45) is 0 Å². The second-order valence-electron chi connectivity index (χ2n) is 8.43. The van der Waals surface area contributed by atoms with Crippen LogP contribution in [0.2, 0.25) is 0 Å². The summed E-state index contributed by atoms with van der Waals surface area (Å²) in [5.41, 5.74) is 1.08. The number of thioether (sulfide) groups is 1. The Bertz CT molecular complexity index is 1060. The number of hydrogen-bond acceptors (Lipinski definition) is 7. The molecule has 34 heavy (non-hydrogen) atoms. The number of nitrogens with zero attached hydrogens (tertiary/aromatic N) is 1. The van der Waals surface area contributed by atoms with Crippen LogP contribution in [0.3, 0.4) is 0 Å². The number of carbonyl (C=O) groups is 4. The van der Waals surface area contributed by atoms with Gasteiger partial charge in [0, 0.05) is 17.2 Å². The van der Waals surface area contributed by atoms with E-state index in [2.05, 4.69) is 0 Å². The molecule has 178 valence electrons. The second kappa shape index (κ2) is 10.9. The third-order valence-corrected chi connectivity index (χ3v) is 7.67. The SMILES string of the molecule is COc1ccc(C(=O)COC(=O)c2ccc(N3C(=O)CC(SC4CCCCC4)C3=O)cc2)cc1. The lowest BCUT2D eigenvalue weighted by Gasteiger charge is -2.23. The number of amides is 2. The van der Waals surface area contributed by atoms with Gasteiger partial charge in [-0.3, -0.25) is 14.4 Å². The van der Waals surface area contributed by atoms with Crippen LogP contribution < -0.4 is 9.64 Å². The minimum Gasteiger partial charge on any atom is -0.497 e. The molecule has 2 amide bonds. The fourth-order valence-corrected chi connectivity index (χ4v) is 5.77. The van der Waals surface area contributed by atoms with E-state index in [0.29, 0.717) is 22.3 Å². The van der Waals surface area contributed by atoms with Crippen molar-refractivity contribution in [1.82, 2.24) is 0 Å². The average Bonchev–Trinajstić information content (AvgIpc) is 3.15. The normalized spacial score (nSPS) is 18.7. The van der Waals surface area contributed by atoms with E-state index in [1.165, 1.54) is 43.4 Å². The van der Waals surface area contributed by atoms with E-state index in [9.17, 15) is 19.2 Å². The molecule has 1 aliphatic carbocycles. The van der Waals surface area contributed by atoms with Crippen LogP contribution in [0.5, 0.6) is 5.75 Å². The Morgan fingerprint density at radius 3 is 2.24 bits per heavy atom. The number of hydrogen-bond donors (Lipinski definition) is 0. The fourth-order valence-electron chi connectivity index (χ4n) is 4.24. The predicted molar refractivity (Wildman–Crippen MR) is 129 cm³/mol. The maximum Gasteiger partial charge on any atom is 0.338 e. The molecule has 1 aliphatic heterocycles. The van der Waals surface area contributed by atoms with Gasteiger partial charge in [-0.25, -0.2) is 9.69 Å². The fraction of sp³-hybridized carbons (Fsp3) is 0.385. The topological polar surface area (TPSA) is 90.0 Å². The van der Waals surface area contributed by atoms with Gasteiger partial charge in [-0.05, 0) is 61.4 Å². The van der Waals surface area contributed by atoms with Crippen molar-refractivity contribution in [3.05, 3.63) is 59.7 Å². The summed E-state index contributed by atoms with van der Waals surface area (Å²) in [6.07, 6.45) is 6.00. The van der Waals surface area contributed by atoms with Crippen LogP contribution in [0.1, 0.15) is 59.2 Å². The summed E-state index contributed by atoms with van der Waals surface area (Å²) < 4.78 is 10.2. The number of rotatable bonds is 8. The van der Waals surface area contributed by atoms with Crippen LogP contribution in [0, 0.1) is 0 Å². The van der Waals surface area contributed by atoms with E-state index in [-0.39, 0.29) is 34.8 Å². The second-order valence-corrected chi connectivity index (χ2v) is 9.94. The summed E-state index contributed by atoms with van der Waals surface area (Å²) in [6, 6.07) is 12.6. The van der Waals surface area contributed by atoms with Gasteiger partial charge in [0.25, 0.3) is 0 Å².